The van der Waals surface area contributed by atoms with Crippen LogP contribution in [0.1, 0.15) is 33.3 Å². The van der Waals surface area contributed by atoms with Crippen LogP contribution >= 0.6 is 15.9 Å². The molecule has 0 heterocycles. The molecule has 162 valence electrons. The lowest BCUT2D eigenvalue weighted by Gasteiger charge is -2.28. The number of aliphatic imine (C=N–C) groups is 1. The molecule has 2 aromatic carbocycles. The van der Waals surface area contributed by atoms with Crippen molar-refractivity contribution in [2.24, 2.45) is 16.8 Å². The van der Waals surface area contributed by atoms with Crippen LogP contribution in [-0.4, -0.2) is 29.1 Å². The number of benzene rings is 2. The minimum atomic E-state index is -0.442. The first-order valence-corrected chi connectivity index (χ1v) is 10.4. The van der Waals surface area contributed by atoms with E-state index in [4.69, 9.17) is 0 Å². The summed E-state index contributed by atoms with van der Waals surface area (Å²) >= 11 is 3.09. The predicted molar refractivity (Wildman–Crippen MR) is 120 cm³/mol. The third-order valence-corrected chi connectivity index (χ3v) is 4.81. The van der Waals surface area contributed by atoms with E-state index in [2.05, 4.69) is 48.6 Å². The molecule has 0 bridgehead atoms. The van der Waals surface area contributed by atoms with Crippen LogP contribution in [0.25, 0.3) is 0 Å². The zero-order valence-corrected chi connectivity index (χ0v) is 19.0. The van der Waals surface area contributed by atoms with Gasteiger partial charge >= 0.3 is 0 Å². The summed E-state index contributed by atoms with van der Waals surface area (Å²) in [5, 5.41) is 21.4. The Morgan fingerprint density at radius 2 is 1.83 bits per heavy atom. The largest absolute Gasteiger partial charge is 0.365 e. The van der Waals surface area contributed by atoms with Gasteiger partial charge in [-0.15, -0.1) is 0 Å². The van der Waals surface area contributed by atoms with Crippen LogP contribution in [0.5, 0.6) is 0 Å². The van der Waals surface area contributed by atoms with Gasteiger partial charge in [0.1, 0.15) is 11.5 Å². The number of anilines is 1. The van der Waals surface area contributed by atoms with Gasteiger partial charge < -0.3 is 4.90 Å². The maximum atomic E-state index is 13.4. The second-order valence-electron chi connectivity index (χ2n) is 7.82. The van der Waals surface area contributed by atoms with Crippen molar-refractivity contribution in [3.8, 4) is 0 Å². The quantitative estimate of drug-likeness (QED) is 0.219. The third-order valence-electron chi connectivity index (χ3n) is 4.21. The number of nitrogens with zero attached hydrogens (tertiary/aromatic N) is 3. The molecule has 0 aliphatic carbocycles. The molecule has 0 amide bonds. The van der Waals surface area contributed by atoms with Crippen LogP contribution in [0.4, 0.5) is 21.5 Å². The van der Waals surface area contributed by atoms with Crippen molar-refractivity contribution in [3.63, 3.8) is 0 Å². The van der Waals surface area contributed by atoms with Crippen molar-refractivity contribution in [1.29, 1.82) is 0 Å². The molecule has 30 heavy (non-hydrogen) atoms. The highest BCUT2D eigenvalue weighted by Gasteiger charge is 2.22. The molecule has 0 aliphatic heterocycles. The molecule has 0 radical (unpaired) electrons. The highest BCUT2D eigenvalue weighted by Crippen LogP contribution is 2.31. The van der Waals surface area contributed by atoms with Crippen LogP contribution in [0.2, 0.25) is 0 Å². The Morgan fingerprint density at radius 3 is 2.33 bits per heavy atom. The summed E-state index contributed by atoms with van der Waals surface area (Å²) < 4.78 is 13.7. The molecule has 0 saturated carbocycles. The fraction of sp³-hybridized carbons (Fsp3) is 0.381. The van der Waals surface area contributed by atoms with Gasteiger partial charge in [0.05, 0.1) is 15.1 Å². The lowest BCUT2D eigenvalue weighted by atomic mass is 10.1. The molecule has 0 atom stereocenters. The molecule has 0 aromatic heterocycles. The average Bonchev–Trinajstić information content (AvgIpc) is 2.67. The molecule has 0 aliphatic rings. The van der Waals surface area contributed by atoms with Crippen molar-refractivity contribution in [1.82, 2.24) is 5.48 Å². The topological polar surface area (TPSA) is 91.0 Å². The zero-order chi connectivity index (χ0) is 22.4. The average molecular weight is 481 g/mol. The summed E-state index contributed by atoms with van der Waals surface area (Å²) in [5.41, 5.74) is 3.14. The lowest BCUT2D eigenvalue weighted by Crippen LogP contribution is -2.32. The van der Waals surface area contributed by atoms with Crippen molar-refractivity contribution in [2.45, 2.75) is 27.7 Å². The molecule has 9 heteroatoms. The molecule has 2 N–H and O–H groups in total. The van der Waals surface area contributed by atoms with Gasteiger partial charge in [-0.25, -0.2) is 9.38 Å². The van der Waals surface area contributed by atoms with Crippen LogP contribution in [0.15, 0.2) is 45.9 Å². The number of halogens is 2. The Hall–Kier alpha value is -2.52. The molecule has 0 saturated heterocycles. The van der Waals surface area contributed by atoms with E-state index in [9.17, 15) is 19.7 Å². The second kappa shape index (κ2) is 10.5. The highest BCUT2D eigenvalue weighted by atomic mass is 79.9. The smallest absolute Gasteiger partial charge is 0.293 e. The minimum absolute atomic E-state index is 0.0161. The molecule has 2 aromatic rings. The first-order valence-electron chi connectivity index (χ1n) is 9.60. The maximum Gasteiger partial charge on any atom is 0.293 e. The zero-order valence-electron chi connectivity index (χ0n) is 17.4. The standard InChI is InChI=1S/C21H26BrFN4O3/c1-13(2)11-26(12-14(3)4)19-8-5-15(9-20(19)27(29)30)21(25-28)24-16-6-7-18(23)17(22)10-16/h5-10,13-14,28H,11-12H2,1-4H3,(H,24,25). The van der Waals surface area contributed by atoms with E-state index in [1.54, 1.807) is 12.1 Å². The van der Waals surface area contributed by atoms with Gasteiger partial charge in [0.15, 0.2) is 5.84 Å². The number of hydrogen-bond acceptors (Lipinski definition) is 5. The lowest BCUT2D eigenvalue weighted by molar-refractivity contribution is -0.384. The highest BCUT2D eigenvalue weighted by molar-refractivity contribution is 9.10. The SMILES string of the molecule is CC(C)CN(CC(C)C)c1ccc(C(=Nc2ccc(F)c(Br)c2)NO)cc1[N+](=O)[O-]. The molecule has 7 nitrogen and oxygen atoms in total. The number of nitro groups is 1. The van der Waals surface area contributed by atoms with E-state index >= 15 is 0 Å². The van der Waals surface area contributed by atoms with Gasteiger partial charge in [-0.2, -0.15) is 0 Å². The van der Waals surface area contributed by atoms with E-state index in [0.717, 1.165) is 0 Å². The number of hydrogen-bond donors (Lipinski definition) is 2. The molecule has 2 rings (SSSR count). The Bertz CT molecular complexity index is 924. The Morgan fingerprint density at radius 1 is 1.20 bits per heavy atom. The fourth-order valence-electron chi connectivity index (χ4n) is 3.07. The van der Waals surface area contributed by atoms with Crippen LogP contribution in [0.3, 0.4) is 0 Å². The van der Waals surface area contributed by atoms with Crippen molar-refractivity contribution >= 4 is 38.8 Å². The van der Waals surface area contributed by atoms with Crippen LogP contribution < -0.4 is 10.4 Å². The van der Waals surface area contributed by atoms with E-state index < -0.39 is 10.7 Å². The van der Waals surface area contributed by atoms with E-state index in [1.165, 1.54) is 24.3 Å². The summed E-state index contributed by atoms with van der Waals surface area (Å²) in [7, 11) is 0. The van der Waals surface area contributed by atoms with Gasteiger partial charge in [0.2, 0.25) is 0 Å². The Labute approximate surface area is 183 Å². The number of nitrogens with one attached hydrogen (secondary N) is 1. The molecular formula is C21H26BrFN4O3. The monoisotopic (exact) mass is 480 g/mol. The number of rotatable bonds is 8. The van der Waals surface area contributed by atoms with Crippen LogP contribution in [-0.2, 0) is 0 Å². The van der Waals surface area contributed by atoms with Gasteiger partial charge in [0, 0.05) is 24.7 Å². The Balaban J connectivity index is 2.51. The molecule has 0 unspecified atom stereocenters. The van der Waals surface area contributed by atoms with Crippen molar-refractivity contribution < 1.29 is 14.5 Å². The normalized spacial score (nSPS) is 11.8. The number of nitro benzene ring substituents is 1. The first kappa shape index (κ1) is 23.8. The van der Waals surface area contributed by atoms with Gasteiger partial charge in [-0.1, -0.05) is 27.7 Å². The minimum Gasteiger partial charge on any atom is -0.365 e. The summed E-state index contributed by atoms with van der Waals surface area (Å²) in [6.07, 6.45) is 0. The van der Waals surface area contributed by atoms with E-state index in [0.29, 0.717) is 41.9 Å². The number of hydroxylamine groups is 1. The molecular weight excluding hydrogens is 455 g/mol. The third kappa shape index (κ3) is 6.24. The molecule has 0 fully saturated rings. The summed E-state index contributed by atoms with van der Waals surface area (Å²) in [6.45, 7) is 9.62. The van der Waals surface area contributed by atoms with Gasteiger partial charge in [-0.05, 0) is 58.1 Å². The summed E-state index contributed by atoms with van der Waals surface area (Å²) in [5.74, 6) is 0.234. The number of amidine groups is 1. The summed E-state index contributed by atoms with van der Waals surface area (Å²) in [4.78, 5) is 17.6. The Kier molecular flexibility index (Phi) is 8.31. The molecule has 0 spiro atoms. The van der Waals surface area contributed by atoms with E-state index in [1.807, 2.05) is 10.4 Å². The van der Waals surface area contributed by atoms with Gasteiger partial charge in [-0.3, -0.25) is 20.8 Å². The van der Waals surface area contributed by atoms with Crippen molar-refractivity contribution in [3.05, 3.63) is 62.4 Å². The second-order valence-corrected chi connectivity index (χ2v) is 8.68. The first-order chi connectivity index (χ1) is 14.1. The van der Waals surface area contributed by atoms with Crippen LogP contribution in [0, 0.1) is 27.8 Å². The van der Waals surface area contributed by atoms with Crippen molar-refractivity contribution in [2.75, 3.05) is 18.0 Å². The predicted octanol–water partition coefficient (Wildman–Crippen LogP) is 5.67. The van der Waals surface area contributed by atoms with Gasteiger partial charge in [0.25, 0.3) is 5.69 Å². The fourth-order valence-corrected chi connectivity index (χ4v) is 3.44. The van der Waals surface area contributed by atoms with E-state index in [-0.39, 0.29) is 16.0 Å². The maximum absolute atomic E-state index is 13.4. The summed E-state index contributed by atoms with van der Waals surface area (Å²) in [6, 6.07) is 8.83.